The van der Waals surface area contributed by atoms with Crippen molar-refractivity contribution in [1.82, 2.24) is 15.4 Å². The number of carbonyl (C=O) groups excluding carboxylic acids is 2. The Labute approximate surface area is 194 Å². The number of aromatic nitrogens is 1. The maximum absolute atomic E-state index is 12.4. The average molecular weight is 450 g/mol. The van der Waals surface area contributed by atoms with Crippen LogP contribution in [0.3, 0.4) is 0 Å². The van der Waals surface area contributed by atoms with Crippen molar-refractivity contribution in [3.05, 3.63) is 72.0 Å². The van der Waals surface area contributed by atoms with E-state index < -0.39 is 0 Å². The molecule has 0 atom stereocenters. The Morgan fingerprint density at radius 3 is 2.61 bits per heavy atom. The monoisotopic (exact) mass is 449 g/mol. The molecule has 1 aromatic heterocycles. The molecule has 0 saturated carbocycles. The maximum atomic E-state index is 12.4. The minimum absolute atomic E-state index is 0.0570. The molecule has 0 unspecified atom stereocenters. The van der Waals surface area contributed by atoms with E-state index in [0.29, 0.717) is 50.3 Å². The fourth-order valence-electron chi connectivity index (χ4n) is 3.45. The van der Waals surface area contributed by atoms with Crippen LogP contribution in [0, 0.1) is 0 Å². The van der Waals surface area contributed by atoms with E-state index in [-0.39, 0.29) is 11.8 Å². The van der Waals surface area contributed by atoms with Crippen LogP contribution in [0.25, 0.3) is 11.3 Å². The smallest absolute Gasteiger partial charge is 0.255 e. The highest BCUT2D eigenvalue weighted by molar-refractivity contribution is 5.96. The van der Waals surface area contributed by atoms with Crippen molar-refractivity contribution in [2.24, 2.45) is 0 Å². The van der Waals surface area contributed by atoms with Gasteiger partial charge in [-0.25, -0.2) is 0 Å². The van der Waals surface area contributed by atoms with Gasteiger partial charge in [-0.1, -0.05) is 47.6 Å². The molecule has 3 rings (SSSR count). The van der Waals surface area contributed by atoms with Gasteiger partial charge >= 0.3 is 0 Å². The highest BCUT2D eigenvalue weighted by Gasteiger charge is 2.13. The third kappa shape index (κ3) is 7.20. The van der Waals surface area contributed by atoms with Crippen molar-refractivity contribution >= 4 is 11.8 Å². The molecule has 2 amide bonds. The van der Waals surface area contributed by atoms with Crippen molar-refractivity contribution in [3.63, 3.8) is 0 Å². The van der Waals surface area contributed by atoms with E-state index in [2.05, 4.69) is 10.5 Å². The SMILES string of the molecule is CCOc1ccccc1C(=O)NCCCC(=O)N(C)CCCc1cc(-c2ccccc2)no1. The molecular weight excluding hydrogens is 418 g/mol. The molecular formula is C26H31N3O4. The number of rotatable bonds is 12. The number of hydrogen-bond donors (Lipinski definition) is 1. The second kappa shape index (κ2) is 12.4. The first-order chi connectivity index (χ1) is 16.1. The molecule has 0 bridgehead atoms. The summed E-state index contributed by atoms with van der Waals surface area (Å²) in [4.78, 5) is 26.5. The zero-order chi connectivity index (χ0) is 23.5. The molecule has 1 N–H and O–H groups in total. The first-order valence-electron chi connectivity index (χ1n) is 11.3. The molecule has 0 fully saturated rings. The summed E-state index contributed by atoms with van der Waals surface area (Å²) in [5, 5.41) is 6.99. The normalized spacial score (nSPS) is 10.6. The standard InChI is InChI=1S/C26H31N3O4/c1-3-32-24-15-8-7-14-22(24)26(31)27-17-9-16-25(30)29(2)18-10-13-21-19-23(28-33-21)20-11-5-4-6-12-20/h4-8,11-12,14-15,19H,3,9-10,13,16-18H2,1-2H3,(H,27,31). The summed E-state index contributed by atoms with van der Waals surface area (Å²) in [6.45, 7) is 3.44. The van der Waals surface area contributed by atoms with E-state index in [1.54, 1.807) is 30.1 Å². The molecule has 0 aliphatic rings. The van der Waals surface area contributed by atoms with Crippen molar-refractivity contribution < 1.29 is 18.8 Å². The summed E-state index contributed by atoms with van der Waals surface area (Å²) in [6, 6.07) is 19.0. The number of nitrogens with zero attached hydrogens (tertiary/aromatic N) is 2. The Bertz CT molecular complexity index is 1030. The molecule has 2 aromatic carbocycles. The van der Waals surface area contributed by atoms with Gasteiger partial charge in [-0.15, -0.1) is 0 Å². The van der Waals surface area contributed by atoms with E-state index in [1.165, 1.54) is 0 Å². The summed E-state index contributed by atoms with van der Waals surface area (Å²) in [6.07, 6.45) is 2.46. The number of aryl methyl sites for hydroxylation is 1. The average Bonchev–Trinajstić information content (AvgIpc) is 3.31. The molecule has 3 aromatic rings. The summed E-state index contributed by atoms with van der Waals surface area (Å²) >= 11 is 0. The molecule has 7 heteroatoms. The van der Waals surface area contributed by atoms with Gasteiger partial charge in [0.2, 0.25) is 5.91 Å². The quantitative estimate of drug-likeness (QED) is 0.416. The lowest BCUT2D eigenvalue weighted by atomic mass is 10.1. The van der Waals surface area contributed by atoms with Gasteiger partial charge in [0.05, 0.1) is 12.2 Å². The largest absolute Gasteiger partial charge is 0.493 e. The number of benzene rings is 2. The van der Waals surface area contributed by atoms with Crippen molar-refractivity contribution in [3.8, 4) is 17.0 Å². The Morgan fingerprint density at radius 2 is 1.82 bits per heavy atom. The number of nitrogens with one attached hydrogen (secondary N) is 1. The van der Waals surface area contributed by atoms with E-state index in [1.807, 2.05) is 49.4 Å². The third-order valence-electron chi connectivity index (χ3n) is 5.26. The van der Waals surface area contributed by atoms with Crippen LogP contribution in [0.4, 0.5) is 0 Å². The minimum Gasteiger partial charge on any atom is -0.493 e. The highest BCUT2D eigenvalue weighted by atomic mass is 16.5. The molecule has 0 aliphatic heterocycles. The van der Waals surface area contributed by atoms with E-state index in [9.17, 15) is 9.59 Å². The zero-order valence-corrected chi connectivity index (χ0v) is 19.3. The predicted octanol–water partition coefficient (Wildman–Crippen LogP) is 4.34. The van der Waals surface area contributed by atoms with E-state index >= 15 is 0 Å². The van der Waals surface area contributed by atoms with Crippen molar-refractivity contribution in [1.29, 1.82) is 0 Å². The van der Waals surface area contributed by atoms with E-state index in [4.69, 9.17) is 9.26 Å². The molecule has 1 heterocycles. The minimum atomic E-state index is -0.193. The zero-order valence-electron chi connectivity index (χ0n) is 19.3. The van der Waals surface area contributed by atoms with Gasteiger partial charge in [0, 0.05) is 44.6 Å². The van der Waals surface area contributed by atoms with Crippen LogP contribution < -0.4 is 10.1 Å². The lowest BCUT2D eigenvalue weighted by molar-refractivity contribution is -0.130. The van der Waals surface area contributed by atoms with Gasteiger partial charge in [-0.05, 0) is 31.9 Å². The first kappa shape index (κ1) is 24.0. The molecule has 174 valence electrons. The van der Waals surface area contributed by atoms with Crippen LogP contribution >= 0.6 is 0 Å². The molecule has 7 nitrogen and oxygen atoms in total. The lowest BCUT2D eigenvalue weighted by Crippen LogP contribution is -2.30. The van der Waals surface area contributed by atoms with Crippen LogP contribution in [0.2, 0.25) is 0 Å². The number of para-hydroxylation sites is 1. The van der Waals surface area contributed by atoms with Crippen LogP contribution in [0.15, 0.2) is 65.2 Å². The molecule has 33 heavy (non-hydrogen) atoms. The van der Waals surface area contributed by atoms with Gasteiger partial charge in [0.15, 0.2) is 0 Å². The van der Waals surface area contributed by atoms with Crippen molar-refractivity contribution in [2.75, 3.05) is 26.7 Å². The molecule has 0 radical (unpaired) electrons. The van der Waals surface area contributed by atoms with Gasteiger partial charge < -0.3 is 19.5 Å². The van der Waals surface area contributed by atoms with Gasteiger partial charge in [0.1, 0.15) is 17.2 Å². The van der Waals surface area contributed by atoms with Crippen LogP contribution in [-0.2, 0) is 11.2 Å². The summed E-state index contributed by atoms with van der Waals surface area (Å²) in [5.74, 6) is 1.24. The number of amides is 2. The maximum Gasteiger partial charge on any atom is 0.255 e. The highest BCUT2D eigenvalue weighted by Crippen LogP contribution is 2.19. The Balaban J connectivity index is 1.34. The summed E-state index contributed by atoms with van der Waals surface area (Å²) in [7, 11) is 1.80. The van der Waals surface area contributed by atoms with Gasteiger partial charge in [-0.3, -0.25) is 9.59 Å². The van der Waals surface area contributed by atoms with Gasteiger partial charge in [0.25, 0.3) is 5.91 Å². The fraction of sp³-hybridized carbons (Fsp3) is 0.346. The van der Waals surface area contributed by atoms with Crippen LogP contribution in [0.5, 0.6) is 5.75 Å². The lowest BCUT2D eigenvalue weighted by Gasteiger charge is -2.17. The summed E-state index contributed by atoms with van der Waals surface area (Å²) < 4.78 is 10.9. The summed E-state index contributed by atoms with van der Waals surface area (Å²) in [5.41, 5.74) is 2.35. The topological polar surface area (TPSA) is 84.7 Å². The number of ether oxygens (including phenoxy) is 1. The number of carbonyl (C=O) groups is 2. The molecule has 0 spiro atoms. The molecule has 0 aliphatic carbocycles. The third-order valence-corrected chi connectivity index (χ3v) is 5.26. The Morgan fingerprint density at radius 1 is 1.06 bits per heavy atom. The Hall–Kier alpha value is -3.61. The molecule has 0 saturated heterocycles. The predicted molar refractivity (Wildman–Crippen MR) is 127 cm³/mol. The van der Waals surface area contributed by atoms with Crippen LogP contribution in [0.1, 0.15) is 42.3 Å². The second-order valence-corrected chi connectivity index (χ2v) is 7.75. The van der Waals surface area contributed by atoms with Crippen molar-refractivity contribution in [2.45, 2.75) is 32.6 Å². The first-order valence-corrected chi connectivity index (χ1v) is 11.3. The Kier molecular flexibility index (Phi) is 9.06. The van der Waals surface area contributed by atoms with Crippen LogP contribution in [-0.4, -0.2) is 48.6 Å². The number of hydrogen-bond acceptors (Lipinski definition) is 5. The van der Waals surface area contributed by atoms with Gasteiger partial charge in [-0.2, -0.15) is 0 Å². The second-order valence-electron chi connectivity index (χ2n) is 7.75. The van der Waals surface area contributed by atoms with E-state index in [0.717, 1.165) is 23.4 Å². The fourth-order valence-corrected chi connectivity index (χ4v) is 3.45.